The number of nitrogens with two attached hydrogens (primary N) is 1. The third-order valence-corrected chi connectivity index (χ3v) is 1.79. The van der Waals surface area contributed by atoms with Crippen LogP contribution in [0.5, 0.6) is 0 Å². The topological polar surface area (TPSA) is 42.4 Å². The van der Waals surface area contributed by atoms with Crippen molar-refractivity contribution in [3.05, 3.63) is 36.3 Å². The molecule has 3 heteroatoms. The van der Waals surface area contributed by atoms with Crippen LogP contribution in [0.25, 0.3) is 0 Å². The second-order valence-electron chi connectivity index (χ2n) is 3.21. The first-order valence-corrected chi connectivity index (χ1v) is 4.30. The molecule has 1 heterocycles. The zero-order valence-electron chi connectivity index (χ0n) is 7.99. The monoisotopic (exact) mass is 180 g/mol. The van der Waals surface area contributed by atoms with E-state index < -0.39 is 0 Å². The first-order chi connectivity index (χ1) is 6.22. The van der Waals surface area contributed by atoms with Crippen LogP contribution in [0.1, 0.15) is 5.76 Å². The minimum atomic E-state index is 0.544. The Labute approximate surface area is 78.8 Å². The molecule has 0 saturated heterocycles. The van der Waals surface area contributed by atoms with Gasteiger partial charge in [0.15, 0.2) is 0 Å². The van der Waals surface area contributed by atoms with Gasteiger partial charge in [-0.25, -0.2) is 0 Å². The second kappa shape index (κ2) is 4.84. The van der Waals surface area contributed by atoms with Gasteiger partial charge in [0.2, 0.25) is 0 Å². The molecule has 0 amide bonds. The van der Waals surface area contributed by atoms with Crippen molar-refractivity contribution in [2.45, 2.75) is 6.54 Å². The molecular formula is C10H16N2O. The number of likely N-dealkylation sites (N-methyl/N-ethyl adjacent to an activating group) is 1. The predicted molar refractivity (Wildman–Crippen MR) is 53.2 cm³/mol. The van der Waals surface area contributed by atoms with E-state index in [1.54, 1.807) is 6.26 Å². The highest BCUT2D eigenvalue weighted by molar-refractivity contribution is 5.01. The number of nitrogens with zero attached hydrogens (tertiary/aromatic N) is 1. The molecule has 72 valence electrons. The second-order valence-corrected chi connectivity index (χ2v) is 3.21. The molecule has 0 atom stereocenters. The van der Waals surface area contributed by atoms with Crippen molar-refractivity contribution in [3.8, 4) is 0 Å². The van der Waals surface area contributed by atoms with Gasteiger partial charge in [0.05, 0.1) is 12.8 Å². The van der Waals surface area contributed by atoms with Crippen molar-refractivity contribution in [1.29, 1.82) is 0 Å². The van der Waals surface area contributed by atoms with Crippen molar-refractivity contribution >= 4 is 0 Å². The van der Waals surface area contributed by atoms with Gasteiger partial charge < -0.3 is 10.2 Å². The largest absolute Gasteiger partial charge is 0.468 e. The maximum absolute atomic E-state index is 5.44. The molecule has 3 nitrogen and oxygen atoms in total. The van der Waals surface area contributed by atoms with Crippen molar-refractivity contribution in [2.75, 3.05) is 20.1 Å². The lowest BCUT2D eigenvalue weighted by atomic mass is 10.3. The maximum Gasteiger partial charge on any atom is 0.117 e. The summed E-state index contributed by atoms with van der Waals surface area (Å²) in [6.45, 7) is 6.00. The van der Waals surface area contributed by atoms with Crippen LogP contribution in [0.2, 0.25) is 0 Å². The number of hydrogen-bond donors (Lipinski definition) is 1. The Hall–Kier alpha value is -1.06. The van der Waals surface area contributed by atoms with Crippen LogP contribution in [0.4, 0.5) is 0 Å². The number of hydrogen-bond acceptors (Lipinski definition) is 3. The molecule has 0 unspecified atom stereocenters. The zero-order valence-corrected chi connectivity index (χ0v) is 7.99. The van der Waals surface area contributed by atoms with E-state index in [0.29, 0.717) is 6.54 Å². The van der Waals surface area contributed by atoms with Crippen LogP contribution >= 0.6 is 0 Å². The summed E-state index contributed by atoms with van der Waals surface area (Å²) >= 11 is 0. The fourth-order valence-electron chi connectivity index (χ4n) is 1.17. The molecule has 0 saturated carbocycles. The van der Waals surface area contributed by atoms with Gasteiger partial charge in [-0.05, 0) is 24.8 Å². The first-order valence-electron chi connectivity index (χ1n) is 4.30. The summed E-state index contributed by atoms with van der Waals surface area (Å²) in [7, 11) is 2.02. The molecule has 13 heavy (non-hydrogen) atoms. The van der Waals surface area contributed by atoms with E-state index in [0.717, 1.165) is 24.4 Å². The predicted octanol–water partition coefficient (Wildman–Crippen LogP) is 1.23. The lowest BCUT2D eigenvalue weighted by Crippen LogP contribution is -2.22. The highest BCUT2D eigenvalue weighted by atomic mass is 16.3. The van der Waals surface area contributed by atoms with Gasteiger partial charge >= 0.3 is 0 Å². The molecule has 0 aromatic carbocycles. The lowest BCUT2D eigenvalue weighted by Gasteiger charge is -2.15. The summed E-state index contributed by atoms with van der Waals surface area (Å²) in [5.74, 6) is 0.965. The molecular weight excluding hydrogens is 164 g/mol. The van der Waals surface area contributed by atoms with Crippen LogP contribution in [0.3, 0.4) is 0 Å². The molecule has 0 fully saturated rings. The third-order valence-electron chi connectivity index (χ3n) is 1.79. The van der Waals surface area contributed by atoms with Crippen LogP contribution in [-0.4, -0.2) is 25.0 Å². The van der Waals surface area contributed by atoms with Gasteiger partial charge in [0.25, 0.3) is 0 Å². The Balaban J connectivity index is 2.33. The van der Waals surface area contributed by atoms with E-state index in [1.165, 1.54) is 0 Å². The zero-order chi connectivity index (χ0) is 9.68. The molecule has 0 aliphatic rings. The van der Waals surface area contributed by atoms with E-state index in [1.807, 2.05) is 19.2 Å². The van der Waals surface area contributed by atoms with Gasteiger partial charge in [-0.3, -0.25) is 4.90 Å². The van der Waals surface area contributed by atoms with Crippen LogP contribution < -0.4 is 5.73 Å². The summed E-state index contributed by atoms with van der Waals surface area (Å²) in [6, 6.07) is 3.85. The molecule has 0 aliphatic carbocycles. The molecule has 1 aromatic heterocycles. The van der Waals surface area contributed by atoms with E-state index >= 15 is 0 Å². The van der Waals surface area contributed by atoms with Crippen molar-refractivity contribution in [1.82, 2.24) is 4.90 Å². The average molecular weight is 180 g/mol. The lowest BCUT2D eigenvalue weighted by molar-refractivity contribution is 0.316. The van der Waals surface area contributed by atoms with Gasteiger partial charge in [-0.1, -0.05) is 6.58 Å². The summed E-state index contributed by atoms with van der Waals surface area (Å²) < 4.78 is 5.22. The van der Waals surface area contributed by atoms with Crippen molar-refractivity contribution in [2.24, 2.45) is 5.73 Å². The summed E-state index contributed by atoms with van der Waals surface area (Å²) in [6.07, 6.45) is 1.68. The van der Waals surface area contributed by atoms with Crippen molar-refractivity contribution in [3.63, 3.8) is 0 Å². The maximum atomic E-state index is 5.44. The summed E-state index contributed by atoms with van der Waals surface area (Å²) in [5.41, 5.74) is 6.48. The Morgan fingerprint density at radius 1 is 1.69 bits per heavy atom. The average Bonchev–Trinajstić information content (AvgIpc) is 2.56. The van der Waals surface area contributed by atoms with E-state index in [4.69, 9.17) is 10.2 Å². The minimum absolute atomic E-state index is 0.544. The van der Waals surface area contributed by atoms with Gasteiger partial charge in [-0.2, -0.15) is 0 Å². The highest BCUT2D eigenvalue weighted by Gasteiger charge is 2.02. The van der Waals surface area contributed by atoms with Gasteiger partial charge in [0.1, 0.15) is 5.76 Å². The van der Waals surface area contributed by atoms with E-state index in [9.17, 15) is 0 Å². The fourth-order valence-corrected chi connectivity index (χ4v) is 1.17. The van der Waals surface area contributed by atoms with Crippen LogP contribution in [0.15, 0.2) is 35.0 Å². The standard InChI is InChI=1S/C10H16N2O/c1-9(6-11)7-12(2)8-10-4-3-5-13-10/h3-5H,1,6-8,11H2,2H3. The van der Waals surface area contributed by atoms with Gasteiger partial charge in [0, 0.05) is 13.1 Å². The van der Waals surface area contributed by atoms with Crippen LogP contribution in [-0.2, 0) is 6.54 Å². The molecule has 1 aromatic rings. The molecule has 0 aliphatic heterocycles. The Morgan fingerprint density at radius 3 is 3.00 bits per heavy atom. The minimum Gasteiger partial charge on any atom is -0.468 e. The molecule has 2 N–H and O–H groups in total. The summed E-state index contributed by atoms with van der Waals surface area (Å²) in [5, 5.41) is 0. The molecule has 1 rings (SSSR count). The Bertz CT molecular complexity index is 254. The summed E-state index contributed by atoms with van der Waals surface area (Å²) in [4.78, 5) is 2.12. The normalized spacial score (nSPS) is 10.7. The van der Waals surface area contributed by atoms with Crippen molar-refractivity contribution < 1.29 is 4.42 Å². The molecule has 0 bridgehead atoms. The van der Waals surface area contributed by atoms with Gasteiger partial charge in [-0.15, -0.1) is 0 Å². The molecule has 0 spiro atoms. The van der Waals surface area contributed by atoms with E-state index in [-0.39, 0.29) is 0 Å². The van der Waals surface area contributed by atoms with E-state index in [2.05, 4.69) is 11.5 Å². The first kappa shape index (κ1) is 10.0. The Kier molecular flexibility index (Phi) is 3.73. The number of rotatable bonds is 5. The Morgan fingerprint density at radius 2 is 2.46 bits per heavy atom. The smallest absolute Gasteiger partial charge is 0.117 e. The molecule has 0 radical (unpaired) electrons. The highest BCUT2D eigenvalue weighted by Crippen LogP contribution is 2.04. The quantitative estimate of drug-likeness (QED) is 0.693. The fraction of sp³-hybridized carbons (Fsp3) is 0.400. The SMILES string of the molecule is C=C(CN)CN(C)Cc1ccco1. The third kappa shape index (κ3) is 3.44. The van der Waals surface area contributed by atoms with Crippen LogP contribution in [0, 0.1) is 0 Å². The number of furan rings is 1.